The van der Waals surface area contributed by atoms with E-state index in [0.717, 1.165) is 31.6 Å². The van der Waals surface area contributed by atoms with Gasteiger partial charge in [-0.15, -0.1) is 0 Å². The minimum absolute atomic E-state index is 0.0418. The predicted octanol–water partition coefficient (Wildman–Crippen LogP) is 0.277. The average molecular weight is 447 g/mol. The molecule has 1 saturated heterocycles. The molecular formula is C21H26N4O5S. The highest BCUT2D eigenvalue weighted by molar-refractivity contribution is 7.92. The third kappa shape index (κ3) is 4.62. The van der Waals surface area contributed by atoms with E-state index < -0.39 is 20.5 Å². The van der Waals surface area contributed by atoms with Crippen molar-refractivity contribution in [3.8, 4) is 23.7 Å². The Morgan fingerprint density at radius 1 is 1.35 bits per heavy atom. The molecule has 2 aliphatic rings. The van der Waals surface area contributed by atoms with E-state index in [2.05, 4.69) is 35.5 Å². The highest BCUT2D eigenvalue weighted by Gasteiger charge is 2.44. The highest BCUT2D eigenvalue weighted by atomic mass is 32.2. The van der Waals surface area contributed by atoms with Crippen molar-refractivity contribution >= 4 is 21.8 Å². The number of amides is 2. The van der Waals surface area contributed by atoms with Gasteiger partial charge in [0.15, 0.2) is 14.6 Å². The molecule has 166 valence electrons. The average Bonchev–Trinajstić information content (AvgIpc) is 3.21. The van der Waals surface area contributed by atoms with Crippen LogP contribution in [0.3, 0.4) is 0 Å². The van der Waals surface area contributed by atoms with Gasteiger partial charge in [0.25, 0.3) is 5.91 Å². The molecular weight excluding hydrogens is 420 g/mol. The van der Waals surface area contributed by atoms with Crippen LogP contribution in [0, 0.1) is 29.6 Å². The molecule has 0 spiro atoms. The second kappa shape index (κ2) is 8.75. The Hall–Kier alpha value is -2.79. The van der Waals surface area contributed by atoms with Gasteiger partial charge in [0.05, 0.1) is 6.54 Å². The second-order valence-electron chi connectivity index (χ2n) is 8.06. The van der Waals surface area contributed by atoms with E-state index >= 15 is 0 Å². The fraction of sp³-hybridized carbons (Fsp3) is 0.524. The first-order valence-electron chi connectivity index (χ1n) is 9.97. The van der Waals surface area contributed by atoms with Gasteiger partial charge in [0, 0.05) is 49.3 Å². The summed E-state index contributed by atoms with van der Waals surface area (Å²) in [7, 11) is -3.82. The Labute approximate surface area is 182 Å². The van der Waals surface area contributed by atoms with Gasteiger partial charge >= 0.3 is 6.03 Å². The number of hydrogen-bond acceptors (Lipinski definition) is 6. The maximum Gasteiger partial charge on any atom is 0.328 e. The topological polar surface area (TPSA) is 112 Å². The fourth-order valence-electron chi connectivity index (χ4n) is 3.56. The van der Waals surface area contributed by atoms with E-state index in [1.807, 2.05) is 0 Å². The van der Waals surface area contributed by atoms with Gasteiger partial charge < -0.3 is 9.80 Å². The predicted molar refractivity (Wildman–Crippen MR) is 114 cm³/mol. The number of hydroxylamine groups is 1. The van der Waals surface area contributed by atoms with Crippen LogP contribution in [0.4, 0.5) is 4.79 Å². The Morgan fingerprint density at radius 2 is 2.06 bits per heavy atom. The van der Waals surface area contributed by atoms with Crippen LogP contribution in [0.2, 0.25) is 0 Å². The summed E-state index contributed by atoms with van der Waals surface area (Å²) in [6.07, 6.45) is 2.41. The Kier molecular flexibility index (Phi) is 6.46. The monoisotopic (exact) mass is 446 g/mol. The highest BCUT2D eigenvalue weighted by Crippen LogP contribution is 2.25. The quantitative estimate of drug-likeness (QED) is 0.369. The van der Waals surface area contributed by atoms with Crippen molar-refractivity contribution < 1.29 is 23.2 Å². The Balaban J connectivity index is 1.61. The summed E-state index contributed by atoms with van der Waals surface area (Å²) in [5.41, 5.74) is 2.82. The summed E-state index contributed by atoms with van der Waals surface area (Å²) in [5, 5.41) is 8.90. The summed E-state index contributed by atoms with van der Waals surface area (Å²) < 4.78 is 23.8. The van der Waals surface area contributed by atoms with Crippen molar-refractivity contribution in [1.29, 1.82) is 0 Å². The normalized spacial score (nSPS) is 18.2. The van der Waals surface area contributed by atoms with Crippen molar-refractivity contribution in [3.05, 3.63) is 23.5 Å². The first-order chi connectivity index (χ1) is 14.6. The number of rotatable bonds is 6. The van der Waals surface area contributed by atoms with Crippen LogP contribution in [-0.4, -0.2) is 77.1 Å². The Bertz CT molecular complexity index is 1110. The summed E-state index contributed by atoms with van der Waals surface area (Å²) in [6.45, 7) is 6.67. The molecule has 3 heterocycles. The molecule has 10 heteroatoms. The maximum absolute atomic E-state index is 12.6. The number of hydrogen-bond donors (Lipinski definition) is 2. The van der Waals surface area contributed by atoms with Gasteiger partial charge in [-0.3, -0.25) is 14.6 Å². The summed E-state index contributed by atoms with van der Waals surface area (Å²) in [4.78, 5) is 28.3. The molecule has 1 aromatic heterocycles. The molecule has 2 aliphatic heterocycles. The number of likely N-dealkylation sites (tertiary alicyclic amines) is 1. The van der Waals surface area contributed by atoms with Crippen LogP contribution in [0.5, 0.6) is 0 Å². The van der Waals surface area contributed by atoms with Gasteiger partial charge in [0.1, 0.15) is 0 Å². The number of aromatic nitrogens is 1. The number of carbonyl (C=O) groups excluding carboxylic acids is 2. The summed E-state index contributed by atoms with van der Waals surface area (Å²) >= 11 is 0. The van der Waals surface area contributed by atoms with E-state index in [4.69, 9.17) is 5.21 Å². The molecule has 1 atom stereocenters. The van der Waals surface area contributed by atoms with E-state index in [1.165, 1.54) is 21.9 Å². The zero-order valence-corrected chi connectivity index (χ0v) is 18.6. The van der Waals surface area contributed by atoms with Crippen LogP contribution in [-0.2, 0) is 21.2 Å². The van der Waals surface area contributed by atoms with Crippen molar-refractivity contribution in [1.82, 2.24) is 19.8 Å². The minimum Gasteiger partial charge on any atom is -0.318 e. The van der Waals surface area contributed by atoms with E-state index in [1.54, 1.807) is 12.3 Å². The fourth-order valence-corrected chi connectivity index (χ4v) is 4.41. The lowest BCUT2D eigenvalue weighted by Gasteiger charge is -2.35. The van der Waals surface area contributed by atoms with Gasteiger partial charge in [-0.2, -0.15) is 0 Å². The standard InChI is InChI=1S/C21H26N4O5S/c1-4-23-12-17(13-23)8-6-5-7-16-11-18-15-24(20(27)25(18)14-16)10-9-21(2,19(26)22-28)31(3,29)30/h11,14,17,28H,4,9-10,12-13,15H2,1-3H3,(H,22,26)/t21-/m1/s1. The molecule has 0 radical (unpaired) electrons. The van der Waals surface area contributed by atoms with Gasteiger partial charge in [-0.25, -0.2) is 18.7 Å². The van der Waals surface area contributed by atoms with Gasteiger partial charge in [-0.05, 0) is 37.8 Å². The second-order valence-corrected chi connectivity index (χ2v) is 10.5. The number of sulfone groups is 1. The van der Waals surface area contributed by atoms with Crippen molar-refractivity contribution in [2.75, 3.05) is 32.4 Å². The van der Waals surface area contributed by atoms with Crippen molar-refractivity contribution in [3.63, 3.8) is 0 Å². The van der Waals surface area contributed by atoms with Crippen LogP contribution < -0.4 is 5.48 Å². The van der Waals surface area contributed by atoms with Crippen LogP contribution >= 0.6 is 0 Å². The molecule has 0 unspecified atom stereocenters. The third-order valence-electron chi connectivity index (χ3n) is 5.94. The van der Waals surface area contributed by atoms with Crippen LogP contribution in [0.15, 0.2) is 12.3 Å². The van der Waals surface area contributed by atoms with Crippen molar-refractivity contribution in [2.24, 2.45) is 5.92 Å². The molecule has 2 N–H and O–H groups in total. The number of nitrogens with zero attached hydrogens (tertiary/aromatic N) is 3. The summed E-state index contributed by atoms with van der Waals surface area (Å²) in [5.74, 6) is 11.1. The largest absolute Gasteiger partial charge is 0.328 e. The SMILES string of the molecule is CCN1CC(C#CC#Cc2cc3n(c2)C(=O)N(CC[C@](C)(C(=O)NO)S(C)(=O)=O)C3)C1. The molecule has 1 aromatic rings. The van der Waals surface area contributed by atoms with E-state index in [0.29, 0.717) is 11.5 Å². The molecule has 0 aliphatic carbocycles. The zero-order valence-electron chi connectivity index (χ0n) is 17.8. The van der Waals surface area contributed by atoms with E-state index in [-0.39, 0.29) is 25.5 Å². The van der Waals surface area contributed by atoms with Crippen molar-refractivity contribution in [2.45, 2.75) is 31.6 Å². The zero-order chi connectivity index (χ0) is 22.8. The van der Waals surface area contributed by atoms with Crippen LogP contribution in [0.25, 0.3) is 0 Å². The molecule has 0 bridgehead atoms. The molecule has 9 nitrogen and oxygen atoms in total. The molecule has 0 saturated carbocycles. The summed E-state index contributed by atoms with van der Waals surface area (Å²) in [6, 6.07) is 1.48. The molecule has 2 amide bonds. The molecule has 0 aromatic carbocycles. The lowest BCUT2D eigenvalue weighted by atomic mass is 10.0. The van der Waals surface area contributed by atoms with E-state index in [9.17, 15) is 18.0 Å². The number of nitrogens with one attached hydrogen (secondary N) is 1. The molecule has 31 heavy (non-hydrogen) atoms. The van der Waals surface area contributed by atoms with Gasteiger partial charge in [0.2, 0.25) is 0 Å². The maximum atomic E-state index is 12.6. The number of carbonyl (C=O) groups is 2. The smallest absolute Gasteiger partial charge is 0.318 e. The Morgan fingerprint density at radius 3 is 2.65 bits per heavy atom. The minimum atomic E-state index is -3.82. The first-order valence-corrected chi connectivity index (χ1v) is 11.9. The first kappa shape index (κ1) is 22.9. The molecule has 1 fully saturated rings. The molecule has 3 rings (SSSR count). The van der Waals surface area contributed by atoms with Crippen LogP contribution in [0.1, 0.15) is 31.5 Å². The van der Waals surface area contributed by atoms with Gasteiger partial charge in [-0.1, -0.05) is 18.8 Å². The number of fused-ring (bicyclic) bond motifs is 1. The third-order valence-corrected chi connectivity index (χ3v) is 7.96. The lowest BCUT2D eigenvalue weighted by molar-refractivity contribution is -0.131. The lowest BCUT2D eigenvalue weighted by Crippen LogP contribution is -2.50.